The van der Waals surface area contributed by atoms with Crippen molar-refractivity contribution in [2.75, 3.05) is 13.1 Å². The molecule has 4 heteroatoms. The largest absolute Gasteiger partial charge is 0.336 e. The number of carbonyl (C=O) groups excluding carboxylic acids is 1. The lowest BCUT2D eigenvalue weighted by Crippen LogP contribution is -2.49. The number of aryl methyl sites for hydroxylation is 1. The van der Waals surface area contributed by atoms with E-state index in [1.54, 1.807) is 6.20 Å². The number of pyridine rings is 1. The second kappa shape index (κ2) is 6.15. The second-order valence-corrected chi connectivity index (χ2v) is 5.56. The van der Waals surface area contributed by atoms with Gasteiger partial charge in [0, 0.05) is 31.9 Å². The van der Waals surface area contributed by atoms with Crippen molar-refractivity contribution in [3.63, 3.8) is 0 Å². The molecule has 0 aliphatic carbocycles. The smallest absolute Gasteiger partial charge is 0.223 e. The van der Waals surface area contributed by atoms with Crippen LogP contribution in [-0.2, 0) is 11.2 Å². The summed E-state index contributed by atoms with van der Waals surface area (Å²) in [4.78, 5) is 18.3. The van der Waals surface area contributed by atoms with Crippen molar-refractivity contribution >= 4 is 5.91 Å². The lowest BCUT2D eigenvalue weighted by atomic mass is 9.98. The molecule has 1 aromatic rings. The predicted octanol–water partition coefficient (Wildman–Crippen LogP) is 1.74. The predicted molar refractivity (Wildman–Crippen MR) is 75.6 cm³/mol. The van der Waals surface area contributed by atoms with Crippen molar-refractivity contribution < 1.29 is 4.79 Å². The molecule has 0 radical (unpaired) electrons. The minimum atomic E-state index is -0.120. The Morgan fingerprint density at radius 1 is 1.58 bits per heavy atom. The van der Waals surface area contributed by atoms with E-state index in [2.05, 4.69) is 18.0 Å². The maximum absolute atomic E-state index is 12.3. The quantitative estimate of drug-likeness (QED) is 0.878. The summed E-state index contributed by atoms with van der Waals surface area (Å²) in [7, 11) is 0. The molecule has 2 rings (SSSR count). The summed E-state index contributed by atoms with van der Waals surface area (Å²) < 4.78 is 0. The van der Waals surface area contributed by atoms with Crippen molar-refractivity contribution in [1.82, 2.24) is 9.88 Å². The third kappa shape index (κ3) is 3.32. The van der Waals surface area contributed by atoms with Crippen LogP contribution in [0.5, 0.6) is 0 Å². The molecular formula is C15H23N3O. The molecule has 104 valence electrons. The molecule has 19 heavy (non-hydrogen) atoms. The minimum Gasteiger partial charge on any atom is -0.336 e. The monoisotopic (exact) mass is 261 g/mol. The van der Waals surface area contributed by atoms with Crippen LogP contribution < -0.4 is 5.73 Å². The summed E-state index contributed by atoms with van der Waals surface area (Å²) in [5.41, 5.74) is 6.89. The Labute approximate surface area is 115 Å². The van der Waals surface area contributed by atoms with Crippen LogP contribution in [0.3, 0.4) is 0 Å². The van der Waals surface area contributed by atoms with E-state index < -0.39 is 0 Å². The van der Waals surface area contributed by atoms with Crippen LogP contribution in [0.4, 0.5) is 0 Å². The zero-order valence-corrected chi connectivity index (χ0v) is 11.6. The molecule has 1 aromatic heterocycles. The number of carbonyl (C=O) groups is 1. The summed E-state index contributed by atoms with van der Waals surface area (Å²) in [6.07, 6.45) is 8.12. The van der Waals surface area contributed by atoms with Crippen LogP contribution in [0.1, 0.15) is 38.2 Å². The van der Waals surface area contributed by atoms with Gasteiger partial charge in [-0.25, -0.2) is 0 Å². The molecule has 4 nitrogen and oxygen atoms in total. The van der Waals surface area contributed by atoms with E-state index in [1.807, 2.05) is 17.2 Å². The van der Waals surface area contributed by atoms with E-state index in [0.717, 1.165) is 32.2 Å². The van der Waals surface area contributed by atoms with Crippen LogP contribution in [0, 0.1) is 0 Å². The van der Waals surface area contributed by atoms with Crippen molar-refractivity contribution in [3.8, 4) is 0 Å². The lowest BCUT2D eigenvalue weighted by Gasteiger charge is -2.34. The van der Waals surface area contributed by atoms with Gasteiger partial charge in [0.25, 0.3) is 0 Å². The molecule has 1 amide bonds. The minimum absolute atomic E-state index is 0.120. The van der Waals surface area contributed by atoms with Crippen LogP contribution in [0.15, 0.2) is 24.5 Å². The standard InChI is InChI=1S/C15H23N3O/c1-15(12-16)8-4-10-18(15)14(19)7-2-5-13-6-3-9-17-11-13/h3,6,9,11H,2,4-5,7-8,10,12,16H2,1H3. The number of hydrogen-bond acceptors (Lipinski definition) is 3. The third-order valence-electron chi connectivity index (χ3n) is 4.07. The Bertz CT molecular complexity index is 421. The van der Waals surface area contributed by atoms with Gasteiger partial charge in [0.05, 0.1) is 5.54 Å². The van der Waals surface area contributed by atoms with Gasteiger partial charge in [0.2, 0.25) is 5.91 Å². The van der Waals surface area contributed by atoms with Crippen molar-refractivity contribution in [2.45, 2.75) is 44.6 Å². The van der Waals surface area contributed by atoms with E-state index in [0.29, 0.717) is 13.0 Å². The van der Waals surface area contributed by atoms with E-state index in [9.17, 15) is 4.79 Å². The molecule has 0 bridgehead atoms. The molecule has 1 unspecified atom stereocenters. The maximum Gasteiger partial charge on any atom is 0.223 e. The van der Waals surface area contributed by atoms with Gasteiger partial charge in [0.15, 0.2) is 0 Å². The fourth-order valence-electron chi connectivity index (χ4n) is 2.79. The van der Waals surface area contributed by atoms with Crippen LogP contribution in [-0.4, -0.2) is 34.4 Å². The maximum atomic E-state index is 12.3. The number of hydrogen-bond donors (Lipinski definition) is 1. The first kappa shape index (κ1) is 14.0. The zero-order valence-electron chi connectivity index (χ0n) is 11.6. The Kier molecular flexibility index (Phi) is 4.53. The number of aromatic nitrogens is 1. The highest BCUT2D eigenvalue weighted by atomic mass is 16.2. The SMILES string of the molecule is CC1(CN)CCCN1C(=O)CCCc1cccnc1. The molecule has 1 atom stereocenters. The highest BCUT2D eigenvalue weighted by molar-refractivity contribution is 5.77. The van der Waals surface area contributed by atoms with Gasteiger partial charge in [-0.2, -0.15) is 0 Å². The molecule has 0 aromatic carbocycles. The number of likely N-dealkylation sites (tertiary alicyclic amines) is 1. The summed E-state index contributed by atoms with van der Waals surface area (Å²) >= 11 is 0. The number of amides is 1. The van der Waals surface area contributed by atoms with Crippen LogP contribution >= 0.6 is 0 Å². The number of nitrogens with zero attached hydrogens (tertiary/aromatic N) is 2. The highest BCUT2D eigenvalue weighted by Gasteiger charge is 2.37. The fourth-order valence-corrected chi connectivity index (χ4v) is 2.79. The van der Waals surface area contributed by atoms with Gasteiger partial charge in [-0.1, -0.05) is 6.07 Å². The molecule has 1 aliphatic heterocycles. The van der Waals surface area contributed by atoms with Crippen LogP contribution in [0.2, 0.25) is 0 Å². The first-order valence-electron chi connectivity index (χ1n) is 7.05. The van der Waals surface area contributed by atoms with Gasteiger partial charge in [-0.15, -0.1) is 0 Å². The van der Waals surface area contributed by atoms with Crippen molar-refractivity contribution in [2.24, 2.45) is 5.73 Å². The first-order valence-corrected chi connectivity index (χ1v) is 7.05. The molecule has 0 spiro atoms. The Morgan fingerprint density at radius 2 is 2.42 bits per heavy atom. The molecule has 2 heterocycles. The number of nitrogens with two attached hydrogens (primary N) is 1. The Hall–Kier alpha value is -1.42. The van der Waals surface area contributed by atoms with Crippen molar-refractivity contribution in [1.29, 1.82) is 0 Å². The Morgan fingerprint density at radius 3 is 3.11 bits per heavy atom. The molecule has 0 saturated carbocycles. The molecule has 1 fully saturated rings. The average Bonchev–Trinajstić information content (AvgIpc) is 2.83. The van der Waals surface area contributed by atoms with Crippen molar-refractivity contribution in [3.05, 3.63) is 30.1 Å². The first-order chi connectivity index (χ1) is 9.15. The fraction of sp³-hybridized carbons (Fsp3) is 0.600. The zero-order chi connectivity index (χ0) is 13.7. The summed E-state index contributed by atoms with van der Waals surface area (Å²) in [5.74, 6) is 0.245. The third-order valence-corrected chi connectivity index (χ3v) is 4.07. The van der Waals surface area contributed by atoms with E-state index in [1.165, 1.54) is 5.56 Å². The number of rotatable bonds is 5. The van der Waals surface area contributed by atoms with Crippen LogP contribution in [0.25, 0.3) is 0 Å². The lowest BCUT2D eigenvalue weighted by molar-refractivity contribution is -0.134. The molecule has 1 saturated heterocycles. The van der Waals surface area contributed by atoms with E-state index in [4.69, 9.17) is 5.73 Å². The van der Waals surface area contributed by atoms with E-state index in [-0.39, 0.29) is 11.4 Å². The average molecular weight is 261 g/mol. The van der Waals surface area contributed by atoms with Gasteiger partial charge < -0.3 is 10.6 Å². The van der Waals surface area contributed by atoms with Gasteiger partial charge in [0.1, 0.15) is 0 Å². The summed E-state index contributed by atoms with van der Waals surface area (Å²) in [6.45, 7) is 3.51. The van der Waals surface area contributed by atoms with E-state index >= 15 is 0 Å². The summed E-state index contributed by atoms with van der Waals surface area (Å²) in [6, 6.07) is 3.99. The molecular weight excluding hydrogens is 238 g/mol. The van der Waals surface area contributed by atoms with Gasteiger partial charge in [-0.05, 0) is 44.2 Å². The topological polar surface area (TPSA) is 59.2 Å². The highest BCUT2D eigenvalue weighted by Crippen LogP contribution is 2.28. The van der Waals surface area contributed by atoms with Gasteiger partial charge >= 0.3 is 0 Å². The molecule has 1 aliphatic rings. The summed E-state index contributed by atoms with van der Waals surface area (Å²) in [5, 5.41) is 0. The second-order valence-electron chi connectivity index (χ2n) is 5.56. The van der Waals surface area contributed by atoms with Gasteiger partial charge in [-0.3, -0.25) is 9.78 Å². The normalized spacial score (nSPS) is 22.7. The molecule has 2 N–H and O–H groups in total. The Balaban J connectivity index is 1.82.